The fraction of sp³-hybridized carbons (Fsp3) is 0.192. The molecule has 0 atom stereocenters. The number of halogens is 2. The summed E-state index contributed by atoms with van der Waals surface area (Å²) in [4.78, 5) is 11.9. The second-order valence-electron chi connectivity index (χ2n) is 7.49. The number of fused-ring (bicyclic) bond motifs is 1. The number of carbonyl (C=O) groups is 1. The van der Waals surface area contributed by atoms with Crippen LogP contribution in [0.3, 0.4) is 0 Å². The fourth-order valence-electron chi connectivity index (χ4n) is 3.71. The number of hydrogen-bond donors (Lipinski definition) is 1. The summed E-state index contributed by atoms with van der Waals surface area (Å²) < 4.78 is 45.4. The number of benzene rings is 3. The smallest absolute Gasteiger partial charge is 0.310 e. The molecule has 0 aliphatic heterocycles. The zero-order valence-corrected chi connectivity index (χ0v) is 18.1. The molecule has 0 saturated heterocycles. The van der Waals surface area contributed by atoms with Gasteiger partial charge in [-0.05, 0) is 36.8 Å². The molecule has 0 bridgehead atoms. The Hall–Kier alpha value is -3.71. The van der Waals surface area contributed by atoms with Gasteiger partial charge in [0.15, 0.2) is 0 Å². The summed E-state index contributed by atoms with van der Waals surface area (Å²) in [5.41, 5.74) is 8.78. The Morgan fingerprint density at radius 2 is 1.88 bits per heavy atom. The van der Waals surface area contributed by atoms with E-state index in [9.17, 15) is 9.18 Å². The van der Waals surface area contributed by atoms with Crippen molar-refractivity contribution >= 4 is 16.9 Å². The third-order valence-electron chi connectivity index (χ3n) is 5.26. The van der Waals surface area contributed by atoms with Crippen molar-refractivity contribution in [2.45, 2.75) is 26.5 Å². The Balaban J connectivity index is 1.67. The van der Waals surface area contributed by atoms with Gasteiger partial charge in [0.25, 0.3) is 0 Å². The molecule has 0 radical (unpaired) electrons. The van der Waals surface area contributed by atoms with Crippen molar-refractivity contribution in [2.24, 2.45) is 5.73 Å². The summed E-state index contributed by atoms with van der Waals surface area (Å²) in [7, 11) is 0. The van der Waals surface area contributed by atoms with E-state index in [-0.39, 0.29) is 31.9 Å². The SMILES string of the molecule is CCOC(=O)Cc1ccc(F)cc1OCc1cc(-c2cccc(CN)c2F)c2occc2c1. The van der Waals surface area contributed by atoms with Crippen LogP contribution < -0.4 is 10.5 Å². The van der Waals surface area contributed by atoms with E-state index in [1.807, 2.05) is 6.07 Å². The van der Waals surface area contributed by atoms with Gasteiger partial charge in [-0.1, -0.05) is 24.3 Å². The molecule has 4 aromatic rings. The van der Waals surface area contributed by atoms with Crippen molar-refractivity contribution in [3.05, 3.63) is 89.2 Å². The second kappa shape index (κ2) is 9.83. The molecule has 7 heteroatoms. The molecular weight excluding hydrogens is 428 g/mol. The lowest BCUT2D eigenvalue weighted by molar-refractivity contribution is -0.142. The molecule has 0 fully saturated rings. The van der Waals surface area contributed by atoms with Crippen LogP contribution in [0.5, 0.6) is 5.75 Å². The highest BCUT2D eigenvalue weighted by molar-refractivity contribution is 5.93. The minimum Gasteiger partial charge on any atom is -0.488 e. The Labute approximate surface area is 189 Å². The summed E-state index contributed by atoms with van der Waals surface area (Å²) in [5.74, 6) is -1.07. The second-order valence-corrected chi connectivity index (χ2v) is 7.49. The Morgan fingerprint density at radius 3 is 2.67 bits per heavy atom. The molecule has 0 aliphatic rings. The van der Waals surface area contributed by atoms with E-state index in [1.165, 1.54) is 24.5 Å². The first-order chi connectivity index (χ1) is 16.0. The average Bonchev–Trinajstić information content (AvgIpc) is 3.28. The molecule has 33 heavy (non-hydrogen) atoms. The van der Waals surface area contributed by atoms with Gasteiger partial charge in [-0.2, -0.15) is 0 Å². The predicted octanol–water partition coefficient (Wildman–Crippen LogP) is 5.52. The van der Waals surface area contributed by atoms with Gasteiger partial charge in [-0.15, -0.1) is 0 Å². The number of esters is 1. The largest absolute Gasteiger partial charge is 0.488 e. The van der Waals surface area contributed by atoms with E-state index in [4.69, 9.17) is 19.6 Å². The molecular formula is C26H23F2NO4. The summed E-state index contributed by atoms with van der Waals surface area (Å²) in [6.45, 7) is 2.12. The number of hydrogen-bond acceptors (Lipinski definition) is 5. The third-order valence-corrected chi connectivity index (χ3v) is 5.26. The first-order valence-corrected chi connectivity index (χ1v) is 10.5. The molecule has 170 valence electrons. The van der Waals surface area contributed by atoms with E-state index < -0.39 is 17.6 Å². The van der Waals surface area contributed by atoms with Crippen LogP contribution >= 0.6 is 0 Å². The molecule has 3 aromatic carbocycles. The standard InChI is InChI=1S/C26H23F2NO4/c1-2-31-24(30)12-17-6-7-20(27)13-23(17)33-15-16-10-18-8-9-32-26(18)22(11-16)21-5-3-4-19(14-29)25(21)28/h3-11,13H,2,12,14-15,29H2,1H3. The van der Waals surface area contributed by atoms with Crippen molar-refractivity contribution in [3.63, 3.8) is 0 Å². The van der Waals surface area contributed by atoms with E-state index in [1.54, 1.807) is 37.3 Å². The van der Waals surface area contributed by atoms with Gasteiger partial charge in [0.2, 0.25) is 0 Å². The van der Waals surface area contributed by atoms with Crippen LogP contribution in [0, 0.1) is 11.6 Å². The van der Waals surface area contributed by atoms with Crippen molar-refractivity contribution < 1.29 is 27.5 Å². The maximum atomic E-state index is 15.0. The van der Waals surface area contributed by atoms with Crippen LogP contribution in [0.15, 0.2) is 65.3 Å². The van der Waals surface area contributed by atoms with E-state index in [0.717, 1.165) is 10.9 Å². The number of nitrogens with two attached hydrogens (primary N) is 1. The molecule has 5 nitrogen and oxygen atoms in total. The Bertz CT molecular complexity index is 1300. The molecule has 4 rings (SSSR count). The lowest BCUT2D eigenvalue weighted by Crippen LogP contribution is -2.09. The monoisotopic (exact) mass is 451 g/mol. The lowest BCUT2D eigenvalue weighted by Gasteiger charge is -2.13. The van der Waals surface area contributed by atoms with Gasteiger partial charge < -0.3 is 19.6 Å². The normalized spacial score (nSPS) is 11.0. The maximum Gasteiger partial charge on any atom is 0.310 e. The van der Waals surface area contributed by atoms with Crippen LogP contribution in [0.2, 0.25) is 0 Å². The van der Waals surface area contributed by atoms with Crippen LogP contribution in [-0.4, -0.2) is 12.6 Å². The van der Waals surface area contributed by atoms with Gasteiger partial charge in [0, 0.05) is 40.3 Å². The molecule has 0 saturated carbocycles. The van der Waals surface area contributed by atoms with Crippen LogP contribution in [0.1, 0.15) is 23.6 Å². The topological polar surface area (TPSA) is 74.7 Å². The molecule has 0 unspecified atom stereocenters. The quantitative estimate of drug-likeness (QED) is 0.357. The van der Waals surface area contributed by atoms with Gasteiger partial charge in [0.1, 0.15) is 29.6 Å². The highest BCUT2D eigenvalue weighted by Crippen LogP contribution is 2.34. The zero-order valence-electron chi connectivity index (χ0n) is 18.1. The number of rotatable bonds is 8. The fourth-order valence-corrected chi connectivity index (χ4v) is 3.71. The number of ether oxygens (including phenoxy) is 2. The highest BCUT2D eigenvalue weighted by atomic mass is 19.1. The van der Waals surface area contributed by atoms with Gasteiger partial charge in [-0.3, -0.25) is 4.79 Å². The van der Waals surface area contributed by atoms with Crippen molar-refractivity contribution in [3.8, 4) is 16.9 Å². The summed E-state index contributed by atoms with van der Waals surface area (Å²) in [6, 6.07) is 14.5. The van der Waals surface area contributed by atoms with Gasteiger partial charge in [-0.25, -0.2) is 8.78 Å². The average molecular weight is 451 g/mol. The predicted molar refractivity (Wildman–Crippen MR) is 121 cm³/mol. The third kappa shape index (κ3) is 4.88. The summed E-state index contributed by atoms with van der Waals surface area (Å²) in [6.07, 6.45) is 1.50. The minimum atomic E-state index is -0.482. The van der Waals surface area contributed by atoms with E-state index in [0.29, 0.717) is 27.8 Å². The Morgan fingerprint density at radius 1 is 1.03 bits per heavy atom. The van der Waals surface area contributed by atoms with Gasteiger partial charge >= 0.3 is 5.97 Å². The first kappa shape index (κ1) is 22.5. The van der Waals surface area contributed by atoms with Crippen molar-refractivity contribution in [1.29, 1.82) is 0 Å². The molecule has 1 aromatic heterocycles. The summed E-state index contributed by atoms with van der Waals surface area (Å²) >= 11 is 0. The summed E-state index contributed by atoms with van der Waals surface area (Å²) in [5, 5.41) is 0.773. The maximum absolute atomic E-state index is 15.0. The van der Waals surface area contributed by atoms with Crippen molar-refractivity contribution in [1.82, 2.24) is 0 Å². The van der Waals surface area contributed by atoms with Crippen LogP contribution in [0.4, 0.5) is 8.78 Å². The van der Waals surface area contributed by atoms with Crippen LogP contribution in [-0.2, 0) is 29.1 Å². The highest BCUT2D eigenvalue weighted by Gasteiger charge is 2.16. The number of carbonyl (C=O) groups excluding carboxylic acids is 1. The van der Waals surface area contributed by atoms with E-state index in [2.05, 4.69) is 0 Å². The molecule has 1 heterocycles. The number of furan rings is 1. The molecule has 0 amide bonds. The first-order valence-electron chi connectivity index (χ1n) is 10.5. The van der Waals surface area contributed by atoms with E-state index >= 15 is 4.39 Å². The van der Waals surface area contributed by atoms with Crippen molar-refractivity contribution in [2.75, 3.05) is 6.61 Å². The Kier molecular flexibility index (Phi) is 6.70. The van der Waals surface area contributed by atoms with Gasteiger partial charge in [0.05, 0.1) is 19.3 Å². The molecule has 2 N–H and O–H groups in total. The lowest BCUT2D eigenvalue weighted by atomic mass is 9.98. The molecule has 0 aliphatic carbocycles. The molecule has 0 spiro atoms. The minimum absolute atomic E-state index is 0.0352. The van der Waals surface area contributed by atoms with Crippen LogP contribution in [0.25, 0.3) is 22.1 Å². The zero-order chi connectivity index (χ0) is 23.4.